The molecule has 1 atom stereocenters. The van der Waals surface area contributed by atoms with Crippen LogP contribution in [-0.2, 0) is 10.0 Å². The Bertz CT molecular complexity index is 956. The van der Waals surface area contributed by atoms with E-state index in [4.69, 9.17) is 5.26 Å². The Hall–Kier alpha value is -2.46. The number of aliphatic hydroxyl groups excluding tert-OH is 1. The molecular formula is C20H20N2O3S. The van der Waals surface area contributed by atoms with Crippen LogP contribution in [0.1, 0.15) is 23.1 Å². The molecule has 0 fully saturated rings. The van der Waals surface area contributed by atoms with Crippen LogP contribution >= 0.6 is 0 Å². The van der Waals surface area contributed by atoms with Crippen LogP contribution in [0.5, 0.6) is 0 Å². The maximum absolute atomic E-state index is 13.0. The molecular weight excluding hydrogens is 348 g/mol. The first-order chi connectivity index (χ1) is 12.4. The minimum Gasteiger partial charge on any atom is -0.391 e. The van der Waals surface area contributed by atoms with Gasteiger partial charge in [-0.15, -0.1) is 0 Å². The van der Waals surface area contributed by atoms with Crippen molar-refractivity contribution in [3.8, 4) is 6.07 Å². The number of aryl methyl sites for hydroxylation is 1. The Balaban J connectivity index is 1.93. The number of hydrogen-bond donors (Lipinski definition) is 1. The smallest absolute Gasteiger partial charge is 0.243 e. The molecule has 3 rings (SSSR count). The lowest BCUT2D eigenvalue weighted by Crippen LogP contribution is -2.37. The highest BCUT2D eigenvalue weighted by Crippen LogP contribution is 2.26. The average Bonchev–Trinajstić information content (AvgIpc) is 2.84. The third-order valence-electron chi connectivity index (χ3n) is 4.44. The summed E-state index contributed by atoms with van der Waals surface area (Å²) in [6.45, 7) is 2.13. The van der Waals surface area contributed by atoms with E-state index in [-0.39, 0.29) is 18.0 Å². The first-order valence-electron chi connectivity index (χ1n) is 8.34. The summed E-state index contributed by atoms with van der Waals surface area (Å²) in [5, 5.41) is 19.1. The van der Waals surface area contributed by atoms with Crippen molar-refractivity contribution in [2.45, 2.75) is 24.3 Å². The SMILES string of the molecule is Cc1ccc(S(=O)(=O)N2CC(c3ccc(C#N)cc3)=CCC(O)C2)cc1. The molecule has 6 heteroatoms. The van der Waals surface area contributed by atoms with Gasteiger partial charge in [0, 0.05) is 13.1 Å². The highest BCUT2D eigenvalue weighted by molar-refractivity contribution is 7.89. The summed E-state index contributed by atoms with van der Waals surface area (Å²) in [5.74, 6) is 0. The summed E-state index contributed by atoms with van der Waals surface area (Å²) in [6.07, 6.45) is 1.50. The van der Waals surface area contributed by atoms with E-state index < -0.39 is 16.1 Å². The first kappa shape index (κ1) is 18.3. The van der Waals surface area contributed by atoms with Gasteiger partial charge >= 0.3 is 0 Å². The topological polar surface area (TPSA) is 81.4 Å². The Morgan fingerprint density at radius 2 is 1.77 bits per heavy atom. The lowest BCUT2D eigenvalue weighted by Gasteiger charge is -2.23. The minimum absolute atomic E-state index is 0.0481. The molecule has 1 heterocycles. The number of sulfonamides is 1. The van der Waals surface area contributed by atoms with Gasteiger partial charge in [-0.25, -0.2) is 8.42 Å². The summed E-state index contributed by atoms with van der Waals surface area (Å²) in [4.78, 5) is 0.219. The monoisotopic (exact) mass is 368 g/mol. The number of nitriles is 1. The van der Waals surface area contributed by atoms with E-state index in [0.29, 0.717) is 12.0 Å². The number of hydrogen-bond acceptors (Lipinski definition) is 4. The molecule has 1 aliphatic rings. The molecule has 0 aromatic heterocycles. The Morgan fingerprint density at radius 1 is 1.12 bits per heavy atom. The van der Waals surface area contributed by atoms with Crippen molar-refractivity contribution in [3.63, 3.8) is 0 Å². The van der Waals surface area contributed by atoms with Crippen molar-refractivity contribution in [2.24, 2.45) is 0 Å². The van der Waals surface area contributed by atoms with Gasteiger partial charge in [-0.05, 0) is 48.7 Å². The summed E-state index contributed by atoms with van der Waals surface area (Å²) < 4.78 is 27.4. The predicted molar refractivity (Wildman–Crippen MR) is 99.7 cm³/mol. The molecule has 0 saturated carbocycles. The van der Waals surface area contributed by atoms with E-state index in [9.17, 15) is 13.5 Å². The minimum atomic E-state index is -3.71. The second-order valence-electron chi connectivity index (χ2n) is 6.42. The van der Waals surface area contributed by atoms with Crippen molar-refractivity contribution in [3.05, 3.63) is 71.3 Å². The van der Waals surface area contributed by atoms with Gasteiger partial charge in [-0.1, -0.05) is 35.9 Å². The van der Waals surface area contributed by atoms with Crippen molar-refractivity contribution < 1.29 is 13.5 Å². The van der Waals surface area contributed by atoms with Crippen molar-refractivity contribution >= 4 is 15.6 Å². The largest absolute Gasteiger partial charge is 0.391 e. The molecule has 0 bridgehead atoms. The first-order valence-corrected chi connectivity index (χ1v) is 9.78. The lowest BCUT2D eigenvalue weighted by molar-refractivity contribution is 0.155. The average molecular weight is 368 g/mol. The predicted octanol–water partition coefficient (Wildman–Crippen LogP) is 2.71. The normalized spacial score (nSPS) is 18.7. The number of nitrogens with zero attached hydrogens (tertiary/aromatic N) is 2. The van der Waals surface area contributed by atoms with Crippen LogP contribution in [0.15, 0.2) is 59.5 Å². The van der Waals surface area contributed by atoms with Crippen LogP contribution in [0, 0.1) is 18.3 Å². The zero-order valence-electron chi connectivity index (χ0n) is 14.5. The Labute approximate surface area is 153 Å². The zero-order chi connectivity index (χ0) is 18.7. The van der Waals surface area contributed by atoms with Gasteiger partial charge in [0.25, 0.3) is 0 Å². The highest BCUT2D eigenvalue weighted by Gasteiger charge is 2.29. The van der Waals surface area contributed by atoms with Crippen molar-refractivity contribution in [2.75, 3.05) is 13.1 Å². The summed E-state index contributed by atoms with van der Waals surface area (Å²) in [5.41, 5.74) is 3.20. The van der Waals surface area contributed by atoms with Gasteiger partial charge in [0.05, 0.1) is 22.6 Å². The number of β-amino-alcohol motifs (C(OH)–C–C–N with tert-alkyl or cyclic N) is 1. The fourth-order valence-electron chi connectivity index (χ4n) is 2.92. The van der Waals surface area contributed by atoms with Gasteiger partial charge < -0.3 is 5.11 Å². The Morgan fingerprint density at radius 3 is 2.38 bits per heavy atom. The molecule has 1 aliphatic heterocycles. The van der Waals surface area contributed by atoms with Crippen LogP contribution < -0.4 is 0 Å². The molecule has 26 heavy (non-hydrogen) atoms. The van der Waals surface area contributed by atoms with E-state index in [1.165, 1.54) is 4.31 Å². The standard InChI is InChI=1S/C20H20N2O3S/c1-15-2-10-20(11-3-15)26(24,25)22-13-18(8-9-19(23)14-22)17-6-4-16(12-21)5-7-17/h2-8,10-11,19,23H,9,13-14H2,1H3. The zero-order valence-corrected chi connectivity index (χ0v) is 15.3. The summed E-state index contributed by atoms with van der Waals surface area (Å²) in [7, 11) is -3.71. The quantitative estimate of drug-likeness (QED) is 0.903. The van der Waals surface area contributed by atoms with E-state index in [2.05, 4.69) is 6.07 Å². The molecule has 2 aromatic carbocycles. The molecule has 5 nitrogen and oxygen atoms in total. The molecule has 0 saturated heterocycles. The molecule has 0 spiro atoms. The number of rotatable bonds is 3. The fraction of sp³-hybridized carbons (Fsp3) is 0.250. The van der Waals surface area contributed by atoms with Gasteiger partial charge in [-0.2, -0.15) is 9.57 Å². The summed E-state index contributed by atoms with van der Waals surface area (Å²) in [6, 6.07) is 15.8. The van der Waals surface area contributed by atoms with Gasteiger partial charge in [0.15, 0.2) is 0 Å². The molecule has 0 aliphatic carbocycles. The van der Waals surface area contributed by atoms with E-state index >= 15 is 0 Å². The van der Waals surface area contributed by atoms with Crippen LogP contribution in [-0.4, -0.2) is 37.0 Å². The maximum atomic E-state index is 13.0. The molecule has 134 valence electrons. The Kier molecular flexibility index (Phi) is 5.23. The molecule has 2 aromatic rings. The molecule has 0 amide bonds. The summed E-state index contributed by atoms with van der Waals surface area (Å²) >= 11 is 0. The third kappa shape index (κ3) is 3.86. The molecule has 1 N–H and O–H groups in total. The fourth-order valence-corrected chi connectivity index (χ4v) is 4.37. The van der Waals surface area contributed by atoms with Gasteiger partial charge in [-0.3, -0.25) is 0 Å². The van der Waals surface area contributed by atoms with Gasteiger partial charge in [0.1, 0.15) is 0 Å². The van der Waals surface area contributed by atoms with Crippen molar-refractivity contribution in [1.29, 1.82) is 5.26 Å². The maximum Gasteiger partial charge on any atom is 0.243 e. The second kappa shape index (κ2) is 7.42. The molecule has 0 radical (unpaired) electrons. The van der Waals surface area contributed by atoms with Crippen LogP contribution in [0.3, 0.4) is 0 Å². The van der Waals surface area contributed by atoms with Crippen molar-refractivity contribution in [1.82, 2.24) is 4.31 Å². The van der Waals surface area contributed by atoms with Crippen LogP contribution in [0.25, 0.3) is 5.57 Å². The highest BCUT2D eigenvalue weighted by atomic mass is 32.2. The third-order valence-corrected chi connectivity index (χ3v) is 6.27. The number of aliphatic hydroxyl groups is 1. The van der Waals surface area contributed by atoms with Crippen LogP contribution in [0.2, 0.25) is 0 Å². The lowest BCUT2D eigenvalue weighted by atomic mass is 10.0. The number of benzene rings is 2. The van der Waals surface area contributed by atoms with Crippen LogP contribution in [0.4, 0.5) is 0 Å². The van der Waals surface area contributed by atoms with E-state index in [1.807, 2.05) is 13.0 Å². The van der Waals surface area contributed by atoms with E-state index in [1.54, 1.807) is 48.5 Å². The van der Waals surface area contributed by atoms with E-state index in [0.717, 1.165) is 16.7 Å². The van der Waals surface area contributed by atoms with Gasteiger partial charge in [0.2, 0.25) is 10.0 Å². The second-order valence-corrected chi connectivity index (χ2v) is 8.36. The molecule has 1 unspecified atom stereocenters.